The number of amides is 1. The molecule has 1 aromatic carbocycles. The van der Waals surface area contributed by atoms with E-state index in [1.165, 1.54) is 6.20 Å². The fraction of sp³-hybridized carbons (Fsp3) is 0.414. The summed E-state index contributed by atoms with van der Waals surface area (Å²) < 4.78 is 0. The van der Waals surface area contributed by atoms with Gasteiger partial charge >= 0.3 is 0 Å². The second-order valence-corrected chi connectivity index (χ2v) is 10.3. The molecule has 0 saturated carbocycles. The summed E-state index contributed by atoms with van der Waals surface area (Å²) in [6.45, 7) is 8.65. The van der Waals surface area contributed by atoms with Crippen LogP contribution in [0.3, 0.4) is 0 Å². The molecule has 42 heavy (non-hydrogen) atoms. The molecule has 3 N–H and O–H groups in total. The molecule has 2 aromatic heterocycles. The number of nitrogens with zero attached hydrogens (tertiary/aromatic N) is 8. The van der Waals surface area contributed by atoms with Gasteiger partial charge in [-0.1, -0.05) is 19.9 Å². The van der Waals surface area contributed by atoms with Crippen LogP contribution in [-0.4, -0.2) is 101 Å². The van der Waals surface area contributed by atoms with Gasteiger partial charge in [0.15, 0.2) is 6.19 Å². The van der Waals surface area contributed by atoms with Gasteiger partial charge in [-0.2, -0.15) is 5.26 Å². The number of pyridine rings is 1. The Labute approximate surface area is 245 Å². The van der Waals surface area contributed by atoms with Crippen LogP contribution in [0.2, 0.25) is 0 Å². The monoisotopic (exact) mass is 574 g/mol. The van der Waals surface area contributed by atoms with Gasteiger partial charge in [0, 0.05) is 51.2 Å². The number of hydrogen-bond donors (Lipinski definition) is 3. The van der Waals surface area contributed by atoms with E-state index < -0.39 is 5.97 Å². The van der Waals surface area contributed by atoms with Crippen LogP contribution in [0, 0.1) is 17.4 Å². The third-order valence-electron chi connectivity index (χ3n) is 6.52. The number of carboxylic acid groups (broad SMARTS) is 1. The molecule has 13 nitrogen and oxygen atoms in total. The maximum Gasteiger partial charge on any atom is 0.300 e. The van der Waals surface area contributed by atoms with Gasteiger partial charge in [0.1, 0.15) is 11.5 Å². The molecule has 1 amide bonds. The molecule has 1 aliphatic heterocycles. The van der Waals surface area contributed by atoms with Crippen LogP contribution >= 0.6 is 0 Å². The van der Waals surface area contributed by atoms with Crippen molar-refractivity contribution in [2.24, 2.45) is 10.9 Å². The number of aliphatic carboxylic acids is 1. The fourth-order valence-corrected chi connectivity index (χ4v) is 4.45. The first kappa shape index (κ1) is 31.7. The van der Waals surface area contributed by atoms with E-state index in [1.54, 1.807) is 12.4 Å². The molecule has 0 bridgehead atoms. The smallest absolute Gasteiger partial charge is 0.300 e. The Balaban J connectivity index is 0.00000114. The molecule has 0 radical (unpaired) electrons. The lowest BCUT2D eigenvalue weighted by Gasteiger charge is -2.44. The second-order valence-electron chi connectivity index (χ2n) is 10.3. The van der Waals surface area contributed by atoms with Crippen LogP contribution < -0.4 is 15.5 Å². The highest BCUT2D eigenvalue weighted by Gasteiger charge is 2.32. The number of nitrogens with one attached hydrogen (secondary N) is 2. The number of piperazine rings is 1. The zero-order valence-corrected chi connectivity index (χ0v) is 24.7. The Morgan fingerprint density at radius 1 is 1.17 bits per heavy atom. The van der Waals surface area contributed by atoms with Gasteiger partial charge in [-0.25, -0.2) is 15.0 Å². The fourth-order valence-electron chi connectivity index (χ4n) is 4.45. The summed E-state index contributed by atoms with van der Waals surface area (Å²) in [5.41, 5.74) is 1.90. The van der Waals surface area contributed by atoms with Crippen molar-refractivity contribution in [2.75, 3.05) is 51.7 Å². The van der Waals surface area contributed by atoms with E-state index in [1.807, 2.05) is 49.3 Å². The molecule has 1 fully saturated rings. The minimum atomic E-state index is -0.833. The number of guanidine groups is 1. The van der Waals surface area contributed by atoms with Crippen molar-refractivity contribution in [1.82, 2.24) is 35.4 Å². The number of anilines is 1. The van der Waals surface area contributed by atoms with Crippen LogP contribution in [0.1, 0.15) is 31.3 Å². The summed E-state index contributed by atoms with van der Waals surface area (Å²) >= 11 is 0. The van der Waals surface area contributed by atoms with Crippen molar-refractivity contribution in [3.8, 4) is 6.19 Å². The lowest BCUT2D eigenvalue weighted by molar-refractivity contribution is -0.134. The van der Waals surface area contributed by atoms with Gasteiger partial charge in [-0.3, -0.25) is 19.9 Å². The van der Waals surface area contributed by atoms with Crippen LogP contribution in [0.15, 0.2) is 53.9 Å². The predicted octanol–water partition coefficient (Wildman–Crippen LogP) is 2.31. The van der Waals surface area contributed by atoms with Crippen molar-refractivity contribution in [3.05, 3.63) is 54.6 Å². The minimum Gasteiger partial charge on any atom is -0.481 e. The molecule has 4 rings (SSSR count). The number of benzene rings is 1. The van der Waals surface area contributed by atoms with Crippen LogP contribution in [0.4, 0.5) is 11.5 Å². The molecular weight excluding hydrogens is 536 g/mol. The average Bonchev–Trinajstić information content (AvgIpc) is 2.96. The van der Waals surface area contributed by atoms with Crippen molar-refractivity contribution in [1.29, 1.82) is 5.26 Å². The Kier molecular flexibility index (Phi) is 11.5. The quantitative estimate of drug-likeness (QED) is 0.164. The van der Waals surface area contributed by atoms with E-state index in [9.17, 15) is 10.1 Å². The highest BCUT2D eigenvalue weighted by molar-refractivity contribution is 5.94. The van der Waals surface area contributed by atoms with Crippen molar-refractivity contribution < 1.29 is 14.7 Å². The summed E-state index contributed by atoms with van der Waals surface area (Å²) in [6.07, 6.45) is 6.99. The van der Waals surface area contributed by atoms with Gasteiger partial charge in [0.25, 0.3) is 11.9 Å². The number of rotatable bonds is 7. The number of aliphatic imine (C=N–C) groups is 1. The molecular formula is C29H38N10O3. The Morgan fingerprint density at radius 2 is 1.93 bits per heavy atom. The minimum absolute atomic E-state index is 0.0623. The molecule has 0 spiro atoms. The van der Waals surface area contributed by atoms with E-state index in [2.05, 4.69) is 55.4 Å². The highest BCUT2D eigenvalue weighted by atomic mass is 16.4. The molecule has 0 aliphatic carbocycles. The number of aromatic nitrogens is 3. The molecule has 1 atom stereocenters. The summed E-state index contributed by atoms with van der Waals surface area (Å²) in [5.74, 6) is 0.431. The van der Waals surface area contributed by atoms with E-state index in [0.29, 0.717) is 43.7 Å². The number of carboxylic acids is 1. The van der Waals surface area contributed by atoms with Crippen LogP contribution in [-0.2, 0) is 4.79 Å². The summed E-state index contributed by atoms with van der Waals surface area (Å²) in [4.78, 5) is 45.9. The Hall–Kier alpha value is -4.83. The molecule has 3 heterocycles. The molecule has 1 aliphatic rings. The Morgan fingerprint density at radius 3 is 2.57 bits per heavy atom. The zero-order valence-electron chi connectivity index (χ0n) is 24.7. The first-order valence-corrected chi connectivity index (χ1v) is 13.6. The van der Waals surface area contributed by atoms with Crippen LogP contribution in [0.25, 0.3) is 10.9 Å². The maximum atomic E-state index is 12.4. The number of carbonyl (C=O) groups is 2. The number of carbonyl (C=O) groups excluding carboxylic acids is 1. The third-order valence-corrected chi connectivity index (χ3v) is 6.52. The van der Waals surface area contributed by atoms with Crippen molar-refractivity contribution in [3.63, 3.8) is 0 Å². The summed E-state index contributed by atoms with van der Waals surface area (Å²) in [5, 5.41) is 23.5. The molecule has 222 valence electrons. The van der Waals surface area contributed by atoms with E-state index in [0.717, 1.165) is 30.1 Å². The topological polar surface area (TPSA) is 163 Å². The van der Waals surface area contributed by atoms with Crippen molar-refractivity contribution in [2.45, 2.75) is 26.8 Å². The zero-order chi connectivity index (χ0) is 30.6. The summed E-state index contributed by atoms with van der Waals surface area (Å²) in [7, 11) is 3.91. The van der Waals surface area contributed by atoms with Gasteiger partial charge < -0.3 is 25.1 Å². The highest BCUT2D eigenvalue weighted by Crippen LogP contribution is 2.26. The standard InChI is InChI=1S/C27H34N10O.C2H4O2/c1-19(2)24-17-36(25-16-31-23(15-32-25)26(38)30-11-12-35(3)4)13-14-37(24)27(33-18-28)34-22-9-5-8-21-20(22)7-6-10-29-21;1-2(3)4/h5-10,15-16,19,24H,11-14,17H2,1-4H3,(H,30,38)(H,33,34);1H3,(H,3,4). The van der Waals surface area contributed by atoms with Gasteiger partial charge in [0.2, 0.25) is 5.96 Å². The molecule has 1 saturated heterocycles. The number of fused-ring (bicyclic) bond motifs is 1. The first-order valence-electron chi connectivity index (χ1n) is 13.6. The predicted molar refractivity (Wildman–Crippen MR) is 161 cm³/mol. The van der Waals surface area contributed by atoms with Gasteiger partial charge in [-0.05, 0) is 44.3 Å². The first-order chi connectivity index (χ1) is 20.1. The third kappa shape index (κ3) is 8.84. The lowest BCUT2D eigenvalue weighted by Crippen LogP contribution is -2.59. The van der Waals surface area contributed by atoms with Gasteiger partial charge in [0.05, 0.1) is 29.6 Å². The number of nitriles is 1. The van der Waals surface area contributed by atoms with E-state index >= 15 is 0 Å². The second kappa shape index (κ2) is 15.2. The summed E-state index contributed by atoms with van der Waals surface area (Å²) in [6, 6.07) is 9.72. The number of likely N-dealkylation sites (N-methyl/N-ethyl adjacent to an activating group) is 1. The largest absolute Gasteiger partial charge is 0.481 e. The SMILES string of the molecule is CC(=O)O.CC(C)C1CN(c2cnc(C(=O)NCCN(C)C)cn2)CCN1C(=Nc1cccc2ncccc12)NC#N. The van der Waals surface area contributed by atoms with Crippen molar-refractivity contribution >= 4 is 40.2 Å². The van der Waals surface area contributed by atoms with Crippen LogP contribution in [0.5, 0.6) is 0 Å². The average molecular weight is 575 g/mol. The molecule has 13 heteroatoms. The van der Waals surface area contributed by atoms with Gasteiger partial charge in [-0.15, -0.1) is 0 Å². The van der Waals surface area contributed by atoms with E-state index in [-0.39, 0.29) is 17.9 Å². The lowest BCUT2D eigenvalue weighted by atomic mass is 10.00. The maximum absolute atomic E-state index is 12.4. The van der Waals surface area contributed by atoms with E-state index in [4.69, 9.17) is 14.9 Å². The molecule has 1 unspecified atom stereocenters. The molecule has 3 aromatic rings. The normalized spacial score (nSPS) is 15.2. The Bertz CT molecular complexity index is 1410. The number of hydrogen-bond acceptors (Lipinski definition) is 9.